The van der Waals surface area contributed by atoms with Crippen molar-refractivity contribution in [1.29, 1.82) is 0 Å². The Morgan fingerprint density at radius 2 is 1.77 bits per heavy atom. The molecule has 162 valence electrons. The Morgan fingerprint density at radius 1 is 1.06 bits per heavy atom. The van der Waals surface area contributed by atoms with Gasteiger partial charge < -0.3 is 19.4 Å². The third-order valence-corrected chi connectivity index (χ3v) is 6.00. The van der Waals surface area contributed by atoms with Crippen LogP contribution < -0.4 is 4.90 Å². The highest BCUT2D eigenvalue weighted by Crippen LogP contribution is 2.33. The van der Waals surface area contributed by atoms with Gasteiger partial charge in [-0.15, -0.1) is 0 Å². The zero-order valence-electron chi connectivity index (χ0n) is 18.2. The number of fused-ring (bicyclic) bond motifs is 1. The summed E-state index contributed by atoms with van der Waals surface area (Å²) in [6, 6.07) is 16.0. The summed E-state index contributed by atoms with van der Waals surface area (Å²) in [7, 11) is 1.82. The first kappa shape index (κ1) is 21.1. The Labute approximate surface area is 183 Å². The number of morpholine rings is 1. The molecule has 2 heterocycles. The first-order valence-electron chi connectivity index (χ1n) is 10.7. The number of carbonyl (C=O) groups is 2. The molecule has 6 nitrogen and oxygen atoms in total. The lowest BCUT2D eigenvalue weighted by molar-refractivity contribution is -0.134. The highest BCUT2D eigenvalue weighted by molar-refractivity contribution is 5.81. The lowest BCUT2D eigenvalue weighted by atomic mass is 9.93. The van der Waals surface area contributed by atoms with Crippen LogP contribution in [-0.4, -0.2) is 55.0 Å². The summed E-state index contributed by atoms with van der Waals surface area (Å²) < 4.78 is 5.42. The first-order valence-corrected chi connectivity index (χ1v) is 10.7. The lowest BCUT2D eigenvalue weighted by Gasteiger charge is -2.33. The molecule has 0 bridgehead atoms. The third kappa shape index (κ3) is 4.80. The Morgan fingerprint density at radius 3 is 2.48 bits per heavy atom. The van der Waals surface area contributed by atoms with Crippen molar-refractivity contribution in [1.82, 2.24) is 9.80 Å². The van der Waals surface area contributed by atoms with Crippen LogP contribution in [-0.2, 0) is 20.9 Å². The molecule has 2 aromatic rings. The number of hydrogen-bond donors (Lipinski definition) is 0. The van der Waals surface area contributed by atoms with E-state index in [2.05, 4.69) is 29.2 Å². The van der Waals surface area contributed by atoms with E-state index < -0.39 is 0 Å². The van der Waals surface area contributed by atoms with E-state index in [1.54, 1.807) is 16.0 Å². The molecule has 1 atom stereocenters. The minimum Gasteiger partial charge on any atom is -0.378 e. The average molecular weight is 420 g/mol. The van der Waals surface area contributed by atoms with E-state index in [1.165, 1.54) is 12.6 Å². The van der Waals surface area contributed by atoms with Crippen molar-refractivity contribution in [2.24, 2.45) is 0 Å². The number of hydrogen-bond acceptors (Lipinski definition) is 4. The lowest BCUT2D eigenvalue weighted by Crippen LogP contribution is -2.36. The largest absolute Gasteiger partial charge is 0.378 e. The van der Waals surface area contributed by atoms with E-state index in [4.69, 9.17) is 4.74 Å². The van der Waals surface area contributed by atoms with E-state index in [-0.39, 0.29) is 24.3 Å². The molecule has 1 fully saturated rings. The van der Waals surface area contributed by atoms with Crippen LogP contribution in [0.3, 0.4) is 0 Å². The van der Waals surface area contributed by atoms with E-state index in [9.17, 15) is 9.59 Å². The van der Waals surface area contributed by atoms with E-state index in [1.807, 2.05) is 37.4 Å². The van der Waals surface area contributed by atoms with Gasteiger partial charge in [-0.1, -0.05) is 36.4 Å². The van der Waals surface area contributed by atoms with Crippen molar-refractivity contribution in [2.45, 2.75) is 25.9 Å². The van der Waals surface area contributed by atoms with Crippen LogP contribution in [0, 0.1) is 0 Å². The van der Waals surface area contributed by atoms with Gasteiger partial charge in [0.25, 0.3) is 0 Å². The molecule has 0 unspecified atom stereocenters. The molecule has 0 radical (unpaired) electrons. The summed E-state index contributed by atoms with van der Waals surface area (Å²) in [4.78, 5) is 30.9. The maximum Gasteiger partial charge on any atom is 0.225 e. The van der Waals surface area contributed by atoms with Crippen molar-refractivity contribution in [3.63, 3.8) is 0 Å². The molecule has 4 rings (SSSR count). The topological polar surface area (TPSA) is 53.1 Å². The monoisotopic (exact) mass is 419 g/mol. The summed E-state index contributed by atoms with van der Waals surface area (Å²) in [6.45, 7) is 5.40. The van der Waals surface area contributed by atoms with Crippen molar-refractivity contribution in [2.75, 3.05) is 38.3 Å². The second-order valence-electron chi connectivity index (χ2n) is 8.11. The van der Waals surface area contributed by atoms with Crippen LogP contribution in [0.1, 0.15) is 36.1 Å². The number of nitrogens with zero attached hydrogens (tertiary/aromatic N) is 3. The summed E-state index contributed by atoms with van der Waals surface area (Å²) in [5.74, 6) is -0.0523. The number of rotatable bonds is 5. The summed E-state index contributed by atoms with van der Waals surface area (Å²) in [5, 5.41) is 0. The van der Waals surface area contributed by atoms with Crippen LogP contribution >= 0.6 is 0 Å². The van der Waals surface area contributed by atoms with Crippen molar-refractivity contribution < 1.29 is 14.3 Å². The summed E-state index contributed by atoms with van der Waals surface area (Å²) in [5.41, 5.74) is 4.33. The molecule has 2 aliphatic rings. The number of amides is 2. The minimum absolute atomic E-state index is 0.0126. The molecule has 0 aliphatic carbocycles. The van der Waals surface area contributed by atoms with Crippen LogP contribution in [0.15, 0.2) is 54.7 Å². The Balaban J connectivity index is 1.42. The summed E-state index contributed by atoms with van der Waals surface area (Å²) in [6.07, 6.45) is 3.97. The van der Waals surface area contributed by atoms with E-state index >= 15 is 0 Å². The predicted molar refractivity (Wildman–Crippen MR) is 121 cm³/mol. The van der Waals surface area contributed by atoms with Gasteiger partial charge in [0.05, 0.1) is 25.7 Å². The number of carbonyl (C=O) groups excluding carboxylic acids is 2. The van der Waals surface area contributed by atoms with Gasteiger partial charge in [-0.05, 0) is 34.9 Å². The normalized spacial score (nSPS) is 17.9. The predicted octanol–water partition coefficient (Wildman–Crippen LogP) is 3.45. The first-order chi connectivity index (χ1) is 15.0. The zero-order chi connectivity index (χ0) is 21.8. The Kier molecular flexibility index (Phi) is 6.37. The molecule has 2 aromatic carbocycles. The molecule has 0 aromatic heterocycles. The molecular weight excluding hydrogens is 390 g/mol. The van der Waals surface area contributed by atoms with Gasteiger partial charge in [0.15, 0.2) is 0 Å². The number of anilines is 1. The van der Waals surface area contributed by atoms with Crippen LogP contribution in [0.25, 0.3) is 6.08 Å². The Bertz CT molecular complexity index is 964. The molecule has 2 amide bonds. The second kappa shape index (κ2) is 9.35. The van der Waals surface area contributed by atoms with Crippen LogP contribution in [0.2, 0.25) is 0 Å². The molecule has 2 aliphatic heterocycles. The molecule has 31 heavy (non-hydrogen) atoms. The van der Waals surface area contributed by atoms with E-state index in [0.29, 0.717) is 6.54 Å². The highest BCUT2D eigenvalue weighted by Gasteiger charge is 2.29. The van der Waals surface area contributed by atoms with Crippen molar-refractivity contribution in [3.05, 3.63) is 71.4 Å². The molecular formula is C25H29N3O3. The molecule has 6 heteroatoms. The fourth-order valence-electron chi connectivity index (χ4n) is 4.23. The maximum absolute atomic E-state index is 13.0. The van der Waals surface area contributed by atoms with Crippen molar-refractivity contribution in [3.8, 4) is 0 Å². The average Bonchev–Trinajstić information content (AvgIpc) is 2.80. The zero-order valence-corrected chi connectivity index (χ0v) is 18.2. The van der Waals surface area contributed by atoms with Gasteiger partial charge in [-0.25, -0.2) is 0 Å². The smallest absolute Gasteiger partial charge is 0.225 e. The quantitative estimate of drug-likeness (QED) is 0.745. The van der Waals surface area contributed by atoms with Gasteiger partial charge in [-0.3, -0.25) is 9.59 Å². The van der Waals surface area contributed by atoms with Gasteiger partial charge in [-0.2, -0.15) is 0 Å². The third-order valence-electron chi connectivity index (χ3n) is 6.00. The Hall–Kier alpha value is -3.12. The SMILES string of the molecule is CC(=O)N1C=Cc2ccccc2[C@@H]1CC(=O)N(C)Cc1ccc(N2CCOCC2)cc1. The highest BCUT2D eigenvalue weighted by atomic mass is 16.5. The second-order valence-corrected chi connectivity index (χ2v) is 8.11. The minimum atomic E-state index is -0.280. The maximum atomic E-state index is 13.0. The van der Waals surface area contributed by atoms with Crippen molar-refractivity contribution >= 4 is 23.6 Å². The molecule has 0 saturated carbocycles. The fraction of sp³-hybridized carbons (Fsp3) is 0.360. The van der Waals surface area contributed by atoms with Gasteiger partial charge >= 0.3 is 0 Å². The molecule has 0 N–H and O–H groups in total. The van der Waals surface area contributed by atoms with E-state index in [0.717, 1.165) is 43.0 Å². The van der Waals surface area contributed by atoms with Crippen LogP contribution in [0.4, 0.5) is 5.69 Å². The molecule has 0 spiro atoms. The summed E-state index contributed by atoms with van der Waals surface area (Å²) >= 11 is 0. The van der Waals surface area contributed by atoms with Gasteiger partial charge in [0.1, 0.15) is 0 Å². The van der Waals surface area contributed by atoms with Crippen LogP contribution in [0.5, 0.6) is 0 Å². The van der Waals surface area contributed by atoms with Gasteiger partial charge in [0.2, 0.25) is 11.8 Å². The standard InChI is InChI=1S/C25H29N3O3/c1-19(29)28-12-11-21-5-3-4-6-23(21)24(28)17-25(30)26(2)18-20-7-9-22(10-8-20)27-13-15-31-16-14-27/h3-12,24H,13-18H2,1-2H3/t24-/m0/s1. The fourth-order valence-corrected chi connectivity index (χ4v) is 4.23. The molecule has 1 saturated heterocycles. The van der Waals surface area contributed by atoms with Gasteiger partial charge in [0, 0.05) is 45.5 Å². The number of ether oxygens (including phenoxy) is 1. The number of benzene rings is 2.